The maximum Gasteiger partial charge on any atom is 0.351 e. The summed E-state index contributed by atoms with van der Waals surface area (Å²) in [6.07, 6.45) is 2.04. The smallest absolute Gasteiger partial charge is 0.351 e. The molecular formula is C9H10N4O2. The normalized spacial score (nSPS) is 10.7. The number of rotatable bonds is 2. The highest BCUT2D eigenvalue weighted by molar-refractivity contribution is 5.54. The van der Waals surface area contributed by atoms with Gasteiger partial charge < -0.3 is 15.8 Å². The van der Waals surface area contributed by atoms with Crippen molar-refractivity contribution < 1.29 is 4.92 Å². The van der Waals surface area contributed by atoms with Crippen molar-refractivity contribution in [3.63, 3.8) is 0 Å². The lowest BCUT2D eigenvalue weighted by molar-refractivity contribution is -0.391. The number of hydrogen-bond donors (Lipinski definition) is 1. The summed E-state index contributed by atoms with van der Waals surface area (Å²) >= 11 is 0. The lowest BCUT2D eigenvalue weighted by atomic mass is 10.3. The predicted octanol–water partition coefficient (Wildman–Crippen LogP) is 1.39. The van der Waals surface area contributed by atoms with Gasteiger partial charge in [-0.05, 0) is 17.4 Å². The van der Waals surface area contributed by atoms with Gasteiger partial charge >= 0.3 is 5.82 Å². The molecule has 0 aliphatic heterocycles. The standard InChI is InChI=1S/C9H10N4O2/c1-2-7-9(13(14)15)12-5-6(10)3-4-8(12)11-7/h3-5H,2,10H2,1H3. The van der Waals surface area contributed by atoms with Crippen LogP contribution in [0.2, 0.25) is 0 Å². The number of aromatic nitrogens is 2. The van der Waals surface area contributed by atoms with Crippen LogP contribution in [-0.4, -0.2) is 14.3 Å². The Labute approximate surface area is 85.5 Å². The molecule has 0 unspecified atom stereocenters. The third-order valence-electron chi connectivity index (χ3n) is 2.19. The molecule has 2 rings (SSSR count). The summed E-state index contributed by atoms with van der Waals surface area (Å²) in [5.41, 5.74) is 7.08. The van der Waals surface area contributed by atoms with E-state index in [9.17, 15) is 10.1 Å². The van der Waals surface area contributed by atoms with Crippen molar-refractivity contribution in [1.82, 2.24) is 9.38 Å². The Hall–Kier alpha value is -2.11. The Morgan fingerprint density at radius 2 is 2.33 bits per heavy atom. The Balaban J connectivity index is 2.82. The van der Waals surface area contributed by atoms with Crippen molar-refractivity contribution in [2.45, 2.75) is 13.3 Å². The molecule has 2 heterocycles. The minimum Gasteiger partial charge on any atom is -0.396 e. The molecule has 2 N–H and O–H groups in total. The Bertz CT molecular complexity index is 532. The molecule has 0 aliphatic rings. The fraction of sp³-hybridized carbons (Fsp3) is 0.222. The van der Waals surface area contributed by atoms with Crippen LogP contribution in [0.1, 0.15) is 12.6 Å². The first-order chi connectivity index (χ1) is 7.13. The van der Waals surface area contributed by atoms with Crippen molar-refractivity contribution in [3.05, 3.63) is 34.1 Å². The van der Waals surface area contributed by atoms with Crippen molar-refractivity contribution in [3.8, 4) is 0 Å². The van der Waals surface area contributed by atoms with E-state index in [1.165, 1.54) is 10.6 Å². The molecule has 0 spiro atoms. The van der Waals surface area contributed by atoms with Crippen LogP contribution in [0.25, 0.3) is 5.65 Å². The van der Waals surface area contributed by atoms with Gasteiger partial charge in [0, 0.05) is 6.07 Å². The van der Waals surface area contributed by atoms with Crippen LogP contribution in [0.3, 0.4) is 0 Å². The van der Waals surface area contributed by atoms with E-state index in [1.54, 1.807) is 12.1 Å². The number of imidazole rings is 1. The number of nitrogens with two attached hydrogens (primary N) is 1. The molecular weight excluding hydrogens is 196 g/mol. The summed E-state index contributed by atoms with van der Waals surface area (Å²) in [6.45, 7) is 1.83. The van der Waals surface area contributed by atoms with Crippen LogP contribution in [-0.2, 0) is 6.42 Å². The van der Waals surface area contributed by atoms with Gasteiger partial charge in [0.25, 0.3) is 0 Å². The van der Waals surface area contributed by atoms with E-state index in [4.69, 9.17) is 5.73 Å². The molecule has 6 heteroatoms. The van der Waals surface area contributed by atoms with Gasteiger partial charge in [-0.1, -0.05) is 6.92 Å². The maximum atomic E-state index is 10.9. The second-order valence-electron chi connectivity index (χ2n) is 3.18. The number of nitro groups is 1. The van der Waals surface area contributed by atoms with Gasteiger partial charge in [-0.3, -0.25) is 0 Å². The molecule has 0 saturated carbocycles. The summed E-state index contributed by atoms with van der Waals surface area (Å²) in [4.78, 5) is 14.6. The van der Waals surface area contributed by atoms with Gasteiger partial charge in [-0.15, -0.1) is 0 Å². The number of hydrogen-bond acceptors (Lipinski definition) is 4. The molecule has 0 atom stereocenters. The molecule has 2 aromatic rings. The fourth-order valence-electron chi connectivity index (χ4n) is 1.53. The highest BCUT2D eigenvalue weighted by Crippen LogP contribution is 2.22. The first kappa shape index (κ1) is 9.45. The third kappa shape index (κ3) is 1.39. The average Bonchev–Trinajstić information content (AvgIpc) is 2.55. The predicted molar refractivity (Wildman–Crippen MR) is 55.6 cm³/mol. The number of fused-ring (bicyclic) bond motifs is 1. The van der Waals surface area contributed by atoms with E-state index in [2.05, 4.69) is 4.98 Å². The monoisotopic (exact) mass is 206 g/mol. The number of nitrogen functional groups attached to an aromatic ring is 1. The van der Waals surface area contributed by atoms with Gasteiger partial charge in [0.1, 0.15) is 11.9 Å². The topological polar surface area (TPSA) is 86.5 Å². The summed E-state index contributed by atoms with van der Waals surface area (Å²) in [5, 5.41) is 10.9. The van der Waals surface area contributed by atoms with E-state index in [1.807, 2.05) is 6.92 Å². The zero-order valence-corrected chi connectivity index (χ0v) is 8.17. The SMILES string of the molecule is CCc1nc2ccc(N)cn2c1[N+](=O)[O-]. The van der Waals surface area contributed by atoms with Crippen LogP contribution in [0, 0.1) is 10.1 Å². The van der Waals surface area contributed by atoms with Crippen LogP contribution < -0.4 is 5.73 Å². The Kier molecular flexibility index (Phi) is 2.03. The zero-order valence-electron chi connectivity index (χ0n) is 8.17. The molecule has 0 radical (unpaired) electrons. The molecule has 0 bridgehead atoms. The van der Waals surface area contributed by atoms with Gasteiger partial charge in [0.2, 0.25) is 5.65 Å². The van der Waals surface area contributed by atoms with Crippen LogP contribution in [0.4, 0.5) is 11.5 Å². The van der Waals surface area contributed by atoms with Gasteiger partial charge in [0.05, 0.1) is 5.69 Å². The largest absolute Gasteiger partial charge is 0.396 e. The zero-order chi connectivity index (χ0) is 11.0. The van der Waals surface area contributed by atoms with Crippen LogP contribution in [0.5, 0.6) is 0 Å². The molecule has 0 aromatic carbocycles. The van der Waals surface area contributed by atoms with E-state index < -0.39 is 4.92 Å². The highest BCUT2D eigenvalue weighted by atomic mass is 16.6. The highest BCUT2D eigenvalue weighted by Gasteiger charge is 2.20. The van der Waals surface area contributed by atoms with Gasteiger partial charge in [0.15, 0.2) is 0 Å². The average molecular weight is 206 g/mol. The molecule has 0 saturated heterocycles. The van der Waals surface area contributed by atoms with Gasteiger partial charge in [-0.25, -0.2) is 4.98 Å². The number of pyridine rings is 1. The minimum atomic E-state index is -0.432. The van der Waals surface area contributed by atoms with E-state index in [0.29, 0.717) is 23.4 Å². The molecule has 6 nitrogen and oxygen atoms in total. The van der Waals surface area contributed by atoms with Crippen molar-refractivity contribution >= 4 is 17.2 Å². The molecule has 0 aliphatic carbocycles. The minimum absolute atomic E-state index is 0.000185. The van der Waals surface area contributed by atoms with Crippen LogP contribution in [0.15, 0.2) is 18.3 Å². The third-order valence-corrected chi connectivity index (χ3v) is 2.19. The van der Waals surface area contributed by atoms with Gasteiger partial charge in [-0.2, -0.15) is 4.40 Å². The van der Waals surface area contributed by atoms with Crippen LogP contribution >= 0.6 is 0 Å². The number of aryl methyl sites for hydroxylation is 1. The molecule has 0 amide bonds. The number of anilines is 1. The Morgan fingerprint density at radius 3 is 2.93 bits per heavy atom. The lowest BCUT2D eigenvalue weighted by Gasteiger charge is -1.95. The summed E-state index contributed by atoms with van der Waals surface area (Å²) in [5.74, 6) is -0.000185. The second kappa shape index (κ2) is 3.23. The fourth-order valence-corrected chi connectivity index (χ4v) is 1.53. The van der Waals surface area contributed by atoms with E-state index in [0.717, 1.165) is 0 Å². The molecule has 78 valence electrons. The van der Waals surface area contributed by atoms with Crippen molar-refractivity contribution in [2.24, 2.45) is 0 Å². The van der Waals surface area contributed by atoms with E-state index >= 15 is 0 Å². The first-order valence-electron chi connectivity index (χ1n) is 4.54. The lowest BCUT2D eigenvalue weighted by Crippen LogP contribution is -1.98. The summed E-state index contributed by atoms with van der Waals surface area (Å²) < 4.78 is 1.41. The molecule has 15 heavy (non-hydrogen) atoms. The van der Waals surface area contributed by atoms with E-state index in [-0.39, 0.29) is 5.82 Å². The summed E-state index contributed by atoms with van der Waals surface area (Å²) in [7, 11) is 0. The van der Waals surface area contributed by atoms with Crippen molar-refractivity contribution in [2.75, 3.05) is 5.73 Å². The Morgan fingerprint density at radius 1 is 1.60 bits per heavy atom. The molecule has 2 aromatic heterocycles. The number of nitrogens with zero attached hydrogens (tertiary/aromatic N) is 3. The van der Waals surface area contributed by atoms with Crippen molar-refractivity contribution in [1.29, 1.82) is 0 Å². The second-order valence-corrected chi connectivity index (χ2v) is 3.18. The quantitative estimate of drug-likeness (QED) is 0.594. The molecule has 0 fully saturated rings. The maximum absolute atomic E-state index is 10.9. The summed E-state index contributed by atoms with van der Waals surface area (Å²) in [6, 6.07) is 3.34. The first-order valence-corrected chi connectivity index (χ1v) is 4.54.